The number of aromatic nitrogens is 1. The van der Waals surface area contributed by atoms with E-state index in [0.29, 0.717) is 5.69 Å². The smallest absolute Gasteiger partial charge is 0.244 e. The van der Waals surface area contributed by atoms with E-state index < -0.39 is 6.43 Å². The van der Waals surface area contributed by atoms with Crippen molar-refractivity contribution < 1.29 is 8.78 Å². The lowest BCUT2D eigenvalue weighted by Gasteiger charge is -2.05. The van der Waals surface area contributed by atoms with E-state index in [9.17, 15) is 8.78 Å². The molecule has 74 valence electrons. The van der Waals surface area contributed by atoms with Gasteiger partial charge < -0.3 is 0 Å². The van der Waals surface area contributed by atoms with Gasteiger partial charge in [0.2, 0.25) is 0 Å². The lowest BCUT2D eigenvalue weighted by Crippen LogP contribution is -1.98. The van der Waals surface area contributed by atoms with Gasteiger partial charge in [-0.2, -0.15) is 5.26 Å². The molecule has 14 heavy (non-hydrogen) atoms. The number of alkyl halides is 2. The van der Waals surface area contributed by atoms with Crippen molar-refractivity contribution in [3.8, 4) is 6.07 Å². The zero-order valence-electron chi connectivity index (χ0n) is 6.77. The summed E-state index contributed by atoms with van der Waals surface area (Å²) in [6, 6.07) is 3.02. The first-order valence-electron chi connectivity index (χ1n) is 3.56. The molecule has 0 spiro atoms. The molecule has 0 saturated carbocycles. The third-order valence-electron chi connectivity index (χ3n) is 1.51. The van der Waals surface area contributed by atoms with Gasteiger partial charge in [0, 0.05) is 0 Å². The molecule has 1 heterocycles. The molecule has 0 aliphatic heterocycles. The van der Waals surface area contributed by atoms with Crippen molar-refractivity contribution in [1.82, 2.24) is 4.98 Å². The van der Waals surface area contributed by atoms with E-state index in [1.165, 1.54) is 0 Å². The normalized spacial score (nSPS) is 10.3. The molecule has 0 aromatic carbocycles. The van der Waals surface area contributed by atoms with Crippen molar-refractivity contribution >= 4 is 34.2 Å². The highest BCUT2D eigenvalue weighted by molar-refractivity contribution is 14.1. The Balaban J connectivity index is 3.18. The molecule has 0 bridgehead atoms. The van der Waals surface area contributed by atoms with E-state index in [0.717, 1.165) is 6.07 Å². The van der Waals surface area contributed by atoms with E-state index >= 15 is 0 Å². The number of hydrogen-bond donors (Lipinski definition) is 0. The van der Waals surface area contributed by atoms with Crippen molar-refractivity contribution in [2.24, 2.45) is 0 Å². The van der Waals surface area contributed by atoms with Crippen LogP contribution in [0, 0.1) is 15.0 Å². The topological polar surface area (TPSA) is 36.7 Å². The van der Waals surface area contributed by atoms with Crippen LogP contribution >= 0.6 is 34.2 Å². The Kier molecular flexibility index (Phi) is 4.01. The van der Waals surface area contributed by atoms with Crippen LogP contribution in [0.4, 0.5) is 8.78 Å². The van der Waals surface area contributed by atoms with Crippen molar-refractivity contribution in [2.45, 2.75) is 12.8 Å². The van der Waals surface area contributed by atoms with Gasteiger partial charge in [-0.05, 0) is 28.7 Å². The molecular weight excluding hydrogens is 324 g/mol. The van der Waals surface area contributed by atoms with E-state index in [4.69, 9.17) is 16.9 Å². The molecule has 0 saturated heterocycles. The molecule has 1 aromatic rings. The minimum absolute atomic E-state index is 0.0261. The first kappa shape index (κ1) is 11.6. The van der Waals surface area contributed by atoms with Gasteiger partial charge in [0.25, 0.3) is 6.43 Å². The summed E-state index contributed by atoms with van der Waals surface area (Å²) < 4.78 is 24.9. The predicted octanol–water partition coefficient (Wildman–Crippen LogP) is 3.34. The summed E-state index contributed by atoms with van der Waals surface area (Å²) >= 11 is 7.37. The highest BCUT2D eigenvalue weighted by Gasteiger charge is 2.15. The van der Waals surface area contributed by atoms with Gasteiger partial charge in [-0.1, -0.05) is 11.6 Å². The van der Waals surface area contributed by atoms with Gasteiger partial charge in [-0.15, -0.1) is 0 Å². The minimum atomic E-state index is -2.59. The van der Waals surface area contributed by atoms with Crippen LogP contribution < -0.4 is 0 Å². The Morgan fingerprint density at radius 2 is 2.29 bits per heavy atom. The summed E-state index contributed by atoms with van der Waals surface area (Å²) in [7, 11) is 0. The summed E-state index contributed by atoms with van der Waals surface area (Å²) in [6.07, 6.45) is -2.57. The fourth-order valence-corrected chi connectivity index (χ4v) is 1.78. The van der Waals surface area contributed by atoms with Crippen molar-refractivity contribution in [3.05, 3.63) is 26.0 Å². The number of hydrogen-bond acceptors (Lipinski definition) is 2. The maximum absolute atomic E-state index is 12.4. The summed E-state index contributed by atoms with van der Waals surface area (Å²) in [5, 5.41) is 8.53. The third kappa shape index (κ3) is 2.51. The van der Waals surface area contributed by atoms with E-state index in [2.05, 4.69) is 4.98 Å². The maximum Gasteiger partial charge on any atom is 0.266 e. The van der Waals surface area contributed by atoms with Gasteiger partial charge in [-0.25, -0.2) is 13.8 Å². The zero-order valence-corrected chi connectivity index (χ0v) is 9.68. The number of pyridine rings is 1. The quantitative estimate of drug-likeness (QED) is 0.617. The lowest BCUT2D eigenvalue weighted by atomic mass is 10.2. The van der Waals surface area contributed by atoms with Gasteiger partial charge in [0.15, 0.2) is 0 Å². The Bertz CT molecular complexity index is 390. The van der Waals surface area contributed by atoms with Crippen LogP contribution in [-0.4, -0.2) is 4.98 Å². The first-order chi connectivity index (χ1) is 6.56. The molecule has 6 heteroatoms. The summed E-state index contributed by atoms with van der Waals surface area (Å²) in [6.45, 7) is 0. The molecular formula is C8H4ClF2IN2. The van der Waals surface area contributed by atoms with E-state index in [1.54, 1.807) is 22.6 Å². The molecule has 0 aliphatic rings. The second-order valence-electron chi connectivity index (χ2n) is 2.43. The van der Waals surface area contributed by atoms with Crippen LogP contribution in [0.2, 0.25) is 5.02 Å². The van der Waals surface area contributed by atoms with E-state index in [1.807, 2.05) is 6.07 Å². The molecule has 1 aromatic heterocycles. The van der Waals surface area contributed by atoms with Gasteiger partial charge in [0.05, 0.1) is 28.8 Å². The van der Waals surface area contributed by atoms with Gasteiger partial charge in [-0.3, -0.25) is 0 Å². The van der Waals surface area contributed by atoms with Crippen LogP contribution in [0.1, 0.15) is 17.7 Å². The second-order valence-corrected chi connectivity index (χ2v) is 3.86. The van der Waals surface area contributed by atoms with Crippen LogP contribution in [0.3, 0.4) is 0 Å². The minimum Gasteiger partial charge on any atom is -0.244 e. The predicted molar refractivity (Wildman–Crippen MR) is 56.2 cm³/mol. The van der Waals surface area contributed by atoms with Crippen LogP contribution in [0.5, 0.6) is 0 Å². The van der Waals surface area contributed by atoms with Crippen molar-refractivity contribution in [1.29, 1.82) is 5.26 Å². The summed E-state index contributed by atoms with van der Waals surface area (Å²) in [4.78, 5) is 3.84. The van der Waals surface area contributed by atoms with Crippen molar-refractivity contribution in [2.75, 3.05) is 0 Å². The van der Waals surface area contributed by atoms with Crippen LogP contribution in [0.15, 0.2) is 6.07 Å². The Morgan fingerprint density at radius 1 is 1.64 bits per heavy atom. The molecule has 1 rings (SSSR count). The van der Waals surface area contributed by atoms with Gasteiger partial charge in [0.1, 0.15) is 3.70 Å². The highest BCUT2D eigenvalue weighted by Crippen LogP contribution is 2.27. The molecule has 0 N–H and O–H groups in total. The fraction of sp³-hybridized carbons (Fsp3) is 0.250. The average molecular weight is 328 g/mol. The molecule has 2 nitrogen and oxygen atoms in total. The molecule has 0 aliphatic carbocycles. The fourth-order valence-electron chi connectivity index (χ4n) is 0.868. The molecule has 0 atom stereocenters. The standard InChI is InChI=1S/C8H4ClF2IN2/c9-5-3-4(7(10)11)8(12)14-6(5)1-2-13/h3,7H,1H2. The molecule has 0 fully saturated rings. The second kappa shape index (κ2) is 4.84. The third-order valence-corrected chi connectivity index (χ3v) is 2.70. The SMILES string of the molecule is N#CCc1nc(I)c(C(F)F)cc1Cl. The Hall–Kier alpha value is -0.480. The number of halogens is 4. The molecule has 0 radical (unpaired) electrons. The number of rotatable bonds is 2. The van der Waals surface area contributed by atoms with Crippen molar-refractivity contribution in [3.63, 3.8) is 0 Å². The lowest BCUT2D eigenvalue weighted by molar-refractivity contribution is 0.150. The zero-order chi connectivity index (χ0) is 10.7. The molecule has 0 unspecified atom stereocenters. The highest BCUT2D eigenvalue weighted by atomic mass is 127. The van der Waals surface area contributed by atoms with Crippen LogP contribution in [0.25, 0.3) is 0 Å². The monoisotopic (exact) mass is 328 g/mol. The summed E-state index contributed by atoms with van der Waals surface area (Å²) in [5.74, 6) is 0. The summed E-state index contributed by atoms with van der Waals surface area (Å²) in [5.41, 5.74) is 0.139. The van der Waals surface area contributed by atoms with E-state index in [-0.39, 0.29) is 20.7 Å². The van der Waals surface area contributed by atoms with Crippen LogP contribution in [-0.2, 0) is 6.42 Å². The van der Waals surface area contributed by atoms with Gasteiger partial charge >= 0.3 is 0 Å². The molecule has 0 amide bonds. The Morgan fingerprint density at radius 3 is 2.79 bits per heavy atom. The number of nitrogens with zero attached hydrogens (tertiary/aromatic N) is 2. The average Bonchev–Trinajstić information content (AvgIpc) is 2.10. The largest absolute Gasteiger partial charge is 0.266 e. The number of nitriles is 1. The first-order valence-corrected chi connectivity index (χ1v) is 5.02. The Labute approximate surface area is 98.0 Å². The maximum atomic E-state index is 12.4.